The molecule has 9 nitrogen and oxygen atoms in total. The molecular formula is C33H34F2N8OS. The fourth-order valence-electron chi connectivity index (χ4n) is 7.76. The van der Waals surface area contributed by atoms with Crippen LogP contribution in [0, 0.1) is 28.5 Å². The first kappa shape index (κ1) is 29.6. The summed E-state index contributed by atoms with van der Waals surface area (Å²) in [6.45, 7) is 7.30. The Morgan fingerprint density at radius 1 is 1.20 bits per heavy atom. The van der Waals surface area contributed by atoms with Crippen molar-refractivity contribution in [3.8, 4) is 29.3 Å². The zero-order valence-corrected chi connectivity index (χ0v) is 26.1. The Labute approximate surface area is 264 Å². The van der Waals surface area contributed by atoms with E-state index in [4.69, 9.17) is 20.4 Å². The number of hydrogen-bond donors (Lipinski definition) is 2. The maximum absolute atomic E-state index is 14.9. The molecule has 12 heteroatoms. The van der Waals surface area contributed by atoms with Gasteiger partial charge in [0.05, 0.1) is 26.9 Å². The van der Waals surface area contributed by atoms with Crippen LogP contribution < -0.4 is 20.7 Å². The normalized spacial score (nSPS) is 24.6. The number of nitrogens with one attached hydrogen (secondary N) is 1. The van der Waals surface area contributed by atoms with Crippen LogP contribution in [0.5, 0.6) is 6.01 Å². The molecule has 0 aliphatic carbocycles. The van der Waals surface area contributed by atoms with Gasteiger partial charge >= 0.3 is 6.01 Å². The van der Waals surface area contributed by atoms with E-state index in [9.17, 15) is 19.3 Å². The lowest BCUT2D eigenvalue weighted by atomic mass is 9.93. The van der Waals surface area contributed by atoms with Crippen LogP contribution in [0.2, 0.25) is 0 Å². The number of alkyl halides is 1. The summed E-state index contributed by atoms with van der Waals surface area (Å²) < 4.78 is 36.0. The number of nitriles is 2. The molecule has 0 radical (unpaired) electrons. The van der Waals surface area contributed by atoms with E-state index in [-0.39, 0.29) is 45.5 Å². The fourth-order valence-corrected chi connectivity index (χ4v) is 8.71. The molecule has 2 unspecified atom stereocenters. The molecule has 0 bridgehead atoms. The van der Waals surface area contributed by atoms with E-state index in [0.29, 0.717) is 52.7 Å². The third-order valence-electron chi connectivity index (χ3n) is 9.89. The van der Waals surface area contributed by atoms with Gasteiger partial charge in [0.15, 0.2) is 0 Å². The predicted octanol–water partition coefficient (Wildman–Crippen LogP) is 5.51. The smallest absolute Gasteiger partial charge is 0.319 e. The van der Waals surface area contributed by atoms with Gasteiger partial charge in [0.2, 0.25) is 0 Å². The summed E-state index contributed by atoms with van der Waals surface area (Å²) >= 11 is 1.02. The van der Waals surface area contributed by atoms with Gasteiger partial charge < -0.3 is 20.7 Å². The Bertz CT molecular complexity index is 1900. The van der Waals surface area contributed by atoms with Crippen LogP contribution >= 0.6 is 11.3 Å². The maximum Gasteiger partial charge on any atom is 0.319 e. The van der Waals surface area contributed by atoms with Gasteiger partial charge in [0.25, 0.3) is 0 Å². The van der Waals surface area contributed by atoms with Gasteiger partial charge in [-0.1, -0.05) is 12.1 Å². The number of ether oxygens (including phenoxy) is 1. The summed E-state index contributed by atoms with van der Waals surface area (Å²) in [5.74, 6) is 0.186. The largest absolute Gasteiger partial charge is 0.461 e. The molecule has 5 heterocycles. The number of nitrogen functional groups attached to an aromatic ring is 1. The summed E-state index contributed by atoms with van der Waals surface area (Å²) in [6, 6.07) is 11.6. The van der Waals surface area contributed by atoms with Crippen LogP contribution in [0.3, 0.4) is 0 Å². The zero-order chi connectivity index (χ0) is 31.5. The average Bonchev–Trinajstić information content (AvgIpc) is 3.78. The highest BCUT2D eigenvalue weighted by Gasteiger charge is 2.49. The third kappa shape index (κ3) is 4.75. The number of thiophene rings is 1. The van der Waals surface area contributed by atoms with Crippen molar-refractivity contribution in [3.63, 3.8) is 0 Å². The predicted molar refractivity (Wildman–Crippen MR) is 172 cm³/mol. The molecule has 45 heavy (non-hydrogen) atoms. The Morgan fingerprint density at radius 3 is 2.73 bits per heavy atom. The molecule has 4 aromatic rings. The van der Waals surface area contributed by atoms with Crippen molar-refractivity contribution in [1.29, 1.82) is 10.5 Å². The van der Waals surface area contributed by atoms with E-state index >= 15 is 0 Å². The van der Waals surface area contributed by atoms with E-state index in [1.54, 1.807) is 6.07 Å². The van der Waals surface area contributed by atoms with Crippen LogP contribution in [0.1, 0.15) is 50.7 Å². The molecule has 7 rings (SSSR count). The van der Waals surface area contributed by atoms with E-state index in [0.717, 1.165) is 43.7 Å². The first-order valence-corrected chi connectivity index (χ1v) is 16.3. The molecule has 2 aromatic carbocycles. The minimum Gasteiger partial charge on any atom is -0.461 e. The molecule has 3 N–H and O–H groups in total. The number of anilines is 2. The van der Waals surface area contributed by atoms with E-state index in [1.807, 2.05) is 12.1 Å². The van der Waals surface area contributed by atoms with Crippen LogP contribution in [0.4, 0.5) is 19.6 Å². The molecule has 232 valence electrons. The van der Waals surface area contributed by atoms with E-state index < -0.39 is 17.5 Å². The molecule has 0 spiro atoms. The molecular weight excluding hydrogens is 594 g/mol. The second-order valence-corrected chi connectivity index (χ2v) is 13.4. The highest BCUT2D eigenvalue weighted by Crippen LogP contribution is 2.44. The van der Waals surface area contributed by atoms with Gasteiger partial charge in [0, 0.05) is 47.9 Å². The fraction of sp³-hybridized carbons (Fsp3) is 0.455. The number of rotatable bonds is 7. The van der Waals surface area contributed by atoms with Crippen molar-refractivity contribution in [2.75, 3.05) is 43.4 Å². The Hall–Kier alpha value is -4.10. The molecule has 0 amide bonds. The molecule has 2 aromatic heterocycles. The van der Waals surface area contributed by atoms with Crippen LogP contribution in [-0.2, 0) is 0 Å². The molecule has 4 atom stereocenters. The Morgan fingerprint density at radius 2 is 2.00 bits per heavy atom. The number of hydrogen-bond acceptors (Lipinski definition) is 10. The first-order valence-electron chi connectivity index (χ1n) is 15.5. The Kier molecular flexibility index (Phi) is 7.47. The molecule has 0 saturated carbocycles. The van der Waals surface area contributed by atoms with Crippen molar-refractivity contribution in [1.82, 2.24) is 20.2 Å². The molecule has 3 saturated heterocycles. The van der Waals surface area contributed by atoms with Crippen molar-refractivity contribution >= 4 is 43.1 Å². The van der Waals surface area contributed by atoms with Gasteiger partial charge in [-0.05, 0) is 63.9 Å². The number of nitrogens with two attached hydrogens (primary N) is 1. The van der Waals surface area contributed by atoms with Crippen molar-refractivity contribution in [2.45, 2.75) is 63.3 Å². The topological polar surface area (TPSA) is 127 Å². The highest BCUT2D eigenvalue weighted by molar-refractivity contribution is 7.23. The van der Waals surface area contributed by atoms with Gasteiger partial charge in [-0.2, -0.15) is 20.5 Å². The number of nitrogens with zero attached hydrogens (tertiary/aromatic N) is 6. The van der Waals surface area contributed by atoms with Crippen molar-refractivity contribution in [2.24, 2.45) is 0 Å². The second-order valence-electron chi connectivity index (χ2n) is 12.3. The highest BCUT2D eigenvalue weighted by atomic mass is 32.1. The molecule has 3 aliphatic heterocycles. The monoisotopic (exact) mass is 628 g/mol. The maximum atomic E-state index is 14.9. The SMILES string of the molecule is CCN(c1nc(OC[C@@]23CCCN2C[C@H](F)C3)nc2c(C#N)c(-c3ccc(F)c4sc(N)c(C#N)c34)ccc12)C1CCNC1C. The van der Waals surface area contributed by atoms with E-state index in [2.05, 4.69) is 41.1 Å². The third-order valence-corrected chi connectivity index (χ3v) is 10.9. The number of halogens is 2. The summed E-state index contributed by atoms with van der Waals surface area (Å²) in [4.78, 5) is 14.2. The summed E-state index contributed by atoms with van der Waals surface area (Å²) in [5.41, 5.74) is 7.62. The van der Waals surface area contributed by atoms with Crippen LogP contribution in [0.25, 0.3) is 32.1 Å². The summed E-state index contributed by atoms with van der Waals surface area (Å²) in [6.07, 6.45) is 2.29. The van der Waals surface area contributed by atoms with Crippen LogP contribution in [-0.4, -0.2) is 71.4 Å². The first-order chi connectivity index (χ1) is 21.8. The van der Waals surface area contributed by atoms with Crippen molar-refractivity contribution in [3.05, 3.63) is 41.2 Å². The quantitative estimate of drug-likeness (QED) is 0.272. The molecule has 3 aliphatic rings. The standard InChI is InChI=1S/C33H34F2N8OS/c1-3-43(26-9-11-39-18(26)2)31-22-6-5-20(21-7-8-25(35)29-27(21)24(15-37)30(38)45-29)23(14-36)28(22)40-32(41-31)44-17-33-10-4-12-42(33)16-19(34)13-33/h5-8,18-19,26,39H,3-4,9-13,16-17,38H2,1-2H3/t18?,19-,26?,33+/m1/s1. The van der Waals surface area contributed by atoms with Gasteiger partial charge in [-0.15, -0.1) is 11.3 Å². The van der Waals surface area contributed by atoms with E-state index in [1.165, 1.54) is 6.07 Å². The number of likely N-dealkylation sites (N-methyl/N-ethyl adjacent to an activating group) is 1. The molecule has 3 fully saturated rings. The van der Waals surface area contributed by atoms with Gasteiger partial charge in [-0.3, -0.25) is 4.90 Å². The second kappa shape index (κ2) is 11.4. The lowest BCUT2D eigenvalue weighted by Crippen LogP contribution is -2.44. The van der Waals surface area contributed by atoms with Crippen LogP contribution in [0.15, 0.2) is 24.3 Å². The lowest BCUT2D eigenvalue weighted by molar-refractivity contribution is 0.107. The Balaban J connectivity index is 1.41. The minimum absolute atomic E-state index is 0.133. The zero-order valence-electron chi connectivity index (χ0n) is 25.2. The number of aromatic nitrogens is 2. The minimum atomic E-state index is -0.890. The average molecular weight is 629 g/mol. The number of benzene rings is 2. The summed E-state index contributed by atoms with van der Waals surface area (Å²) in [7, 11) is 0. The lowest BCUT2D eigenvalue weighted by Gasteiger charge is -2.33. The van der Waals surface area contributed by atoms with Gasteiger partial charge in [0.1, 0.15) is 41.6 Å². The summed E-state index contributed by atoms with van der Waals surface area (Å²) in [5, 5.41) is 25.3. The van der Waals surface area contributed by atoms with Gasteiger partial charge in [-0.25, -0.2) is 8.78 Å². The van der Waals surface area contributed by atoms with Crippen molar-refractivity contribution < 1.29 is 13.5 Å². The number of fused-ring (bicyclic) bond motifs is 3.